The molecule has 1 fully saturated rings. The molecule has 1 saturated heterocycles. The molecule has 3 unspecified atom stereocenters. The van der Waals surface area contributed by atoms with Gasteiger partial charge < -0.3 is 5.32 Å². The van der Waals surface area contributed by atoms with Crippen LogP contribution in [0.1, 0.15) is 39.7 Å². The minimum atomic E-state index is -1.05. The number of carbonyl (C=O) groups excluding carboxylic acids is 3. The quantitative estimate of drug-likeness (QED) is 0.368. The van der Waals surface area contributed by atoms with E-state index in [1.54, 1.807) is 0 Å². The van der Waals surface area contributed by atoms with Gasteiger partial charge in [0.25, 0.3) is 0 Å². The highest BCUT2D eigenvalue weighted by Crippen LogP contribution is 2.61. The van der Waals surface area contributed by atoms with Crippen molar-refractivity contribution in [3.05, 3.63) is 137 Å². The molecule has 4 aliphatic rings. The molecule has 1 aliphatic heterocycles. The van der Waals surface area contributed by atoms with Gasteiger partial charge in [0.2, 0.25) is 17.7 Å². The molecule has 3 atom stereocenters. The maximum atomic E-state index is 14.3. The number of hydrogen-bond donors (Lipinski definition) is 1. The Hall–Kier alpha value is -4.58. The Morgan fingerprint density at radius 1 is 0.692 bits per heavy atom. The standard InChI is InChI=1S/C33H25FN2O3/c34-20-14-16-21(17-15-20)35-31(37)26(18-19-8-2-1-3-9-19)36-32(38)29-27-22-10-4-5-11-23(22)28(30(29)33(36)39)25-13-7-6-12-24(25)27/h1-17,26-30H,18H2,(H,35,37). The molecule has 2 bridgehead atoms. The molecular formula is C33H25FN2O3. The van der Waals surface area contributed by atoms with Gasteiger partial charge in [-0.1, -0.05) is 78.9 Å². The number of anilines is 1. The maximum absolute atomic E-state index is 14.3. The molecule has 1 N–H and O–H groups in total. The summed E-state index contributed by atoms with van der Waals surface area (Å²) in [6, 6.07) is 29.9. The number of halogens is 1. The van der Waals surface area contributed by atoms with Crippen LogP contribution >= 0.6 is 0 Å². The molecule has 39 heavy (non-hydrogen) atoms. The number of hydrogen-bond acceptors (Lipinski definition) is 3. The summed E-state index contributed by atoms with van der Waals surface area (Å²) in [5.74, 6) is -3.13. The van der Waals surface area contributed by atoms with E-state index in [1.165, 1.54) is 29.2 Å². The zero-order chi connectivity index (χ0) is 26.7. The van der Waals surface area contributed by atoms with Crippen molar-refractivity contribution in [1.82, 2.24) is 4.90 Å². The van der Waals surface area contributed by atoms with Gasteiger partial charge in [-0.05, 0) is 52.1 Å². The van der Waals surface area contributed by atoms with Crippen LogP contribution in [-0.2, 0) is 20.8 Å². The second-order valence-corrected chi connectivity index (χ2v) is 10.5. The zero-order valence-electron chi connectivity index (χ0n) is 21.0. The van der Waals surface area contributed by atoms with Crippen molar-refractivity contribution in [3.8, 4) is 0 Å². The number of nitrogens with zero attached hydrogens (tertiary/aromatic N) is 1. The maximum Gasteiger partial charge on any atom is 0.248 e. The fraction of sp³-hybridized carbons (Fsp3) is 0.182. The summed E-state index contributed by atoms with van der Waals surface area (Å²) >= 11 is 0. The van der Waals surface area contributed by atoms with E-state index in [2.05, 4.69) is 29.6 Å². The highest BCUT2D eigenvalue weighted by Gasteiger charge is 2.63. The highest BCUT2D eigenvalue weighted by molar-refractivity contribution is 6.11. The first-order valence-corrected chi connectivity index (χ1v) is 13.2. The molecule has 3 aliphatic carbocycles. The number of rotatable bonds is 5. The normalized spacial score (nSPS) is 23.2. The molecular weight excluding hydrogens is 491 g/mol. The molecule has 0 radical (unpaired) electrons. The van der Waals surface area contributed by atoms with Crippen LogP contribution in [0.4, 0.5) is 10.1 Å². The van der Waals surface area contributed by atoms with Crippen LogP contribution in [0.5, 0.6) is 0 Å². The first-order valence-electron chi connectivity index (χ1n) is 13.2. The van der Waals surface area contributed by atoms with Crippen molar-refractivity contribution in [3.63, 3.8) is 0 Å². The second kappa shape index (κ2) is 9.02. The van der Waals surface area contributed by atoms with Crippen LogP contribution < -0.4 is 5.32 Å². The fourth-order valence-electron chi connectivity index (χ4n) is 6.90. The Morgan fingerprint density at radius 3 is 1.64 bits per heavy atom. The van der Waals surface area contributed by atoms with Gasteiger partial charge in [-0.15, -0.1) is 0 Å². The lowest BCUT2D eigenvalue weighted by atomic mass is 9.55. The number of likely N-dealkylation sites (tertiary alicyclic amines) is 1. The van der Waals surface area contributed by atoms with Crippen molar-refractivity contribution in [2.24, 2.45) is 11.8 Å². The van der Waals surface area contributed by atoms with Crippen LogP contribution in [0.2, 0.25) is 0 Å². The third-order valence-electron chi connectivity index (χ3n) is 8.48. The van der Waals surface area contributed by atoms with Gasteiger partial charge in [-0.3, -0.25) is 19.3 Å². The summed E-state index contributed by atoms with van der Waals surface area (Å²) in [5, 5.41) is 2.81. The van der Waals surface area contributed by atoms with E-state index in [1.807, 2.05) is 54.6 Å². The number of nitrogens with one attached hydrogen (secondary N) is 1. The van der Waals surface area contributed by atoms with Crippen LogP contribution in [0.25, 0.3) is 0 Å². The topological polar surface area (TPSA) is 66.5 Å². The predicted molar refractivity (Wildman–Crippen MR) is 144 cm³/mol. The zero-order valence-corrected chi connectivity index (χ0v) is 21.0. The van der Waals surface area contributed by atoms with E-state index >= 15 is 0 Å². The van der Waals surface area contributed by atoms with Gasteiger partial charge in [0.1, 0.15) is 11.9 Å². The lowest BCUT2D eigenvalue weighted by Crippen LogP contribution is -2.49. The van der Waals surface area contributed by atoms with Crippen molar-refractivity contribution in [2.75, 3.05) is 5.32 Å². The first kappa shape index (κ1) is 23.5. The summed E-state index contributed by atoms with van der Waals surface area (Å²) in [6.45, 7) is 0. The van der Waals surface area contributed by atoms with E-state index in [0.717, 1.165) is 27.8 Å². The number of imide groups is 1. The van der Waals surface area contributed by atoms with Crippen molar-refractivity contribution in [1.29, 1.82) is 0 Å². The lowest BCUT2D eigenvalue weighted by molar-refractivity contribution is -0.146. The van der Waals surface area contributed by atoms with Crippen molar-refractivity contribution >= 4 is 23.4 Å². The molecule has 0 aromatic heterocycles. The predicted octanol–water partition coefficient (Wildman–Crippen LogP) is 5.27. The average Bonchev–Trinajstić information content (AvgIpc) is 3.23. The lowest BCUT2D eigenvalue weighted by Gasteiger charge is -2.45. The van der Waals surface area contributed by atoms with Gasteiger partial charge in [-0.2, -0.15) is 0 Å². The molecule has 8 rings (SSSR count). The molecule has 0 saturated carbocycles. The second-order valence-electron chi connectivity index (χ2n) is 10.5. The van der Waals surface area contributed by atoms with E-state index in [9.17, 15) is 18.8 Å². The van der Waals surface area contributed by atoms with Gasteiger partial charge in [0.15, 0.2) is 0 Å². The fourth-order valence-corrected chi connectivity index (χ4v) is 6.90. The van der Waals surface area contributed by atoms with Gasteiger partial charge in [-0.25, -0.2) is 4.39 Å². The summed E-state index contributed by atoms with van der Waals surface area (Å²) < 4.78 is 13.5. The van der Waals surface area contributed by atoms with Crippen LogP contribution in [0.15, 0.2) is 103 Å². The summed E-state index contributed by atoms with van der Waals surface area (Å²) in [7, 11) is 0. The number of amides is 3. The molecule has 5 nitrogen and oxygen atoms in total. The Morgan fingerprint density at radius 2 is 1.15 bits per heavy atom. The molecule has 4 aromatic carbocycles. The molecule has 4 aromatic rings. The summed E-state index contributed by atoms with van der Waals surface area (Å²) in [4.78, 5) is 43.5. The smallest absolute Gasteiger partial charge is 0.248 e. The largest absolute Gasteiger partial charge is 0.324 e. The average molecular weight is 517 g/mol. The van der Waals surface area contributed by atoms with Crippen LogP contribution in [0, 0.1) is 17.7 Å². The van der Waals surface area contributed by atoms with Crippen LogP contribution in [0.3, 0.4) is 0 Å². The van der Waals surface area contributed by atoms with Gasteiger partial charge >= 0.3 is 0 Å². The Bertz CT molecular complexity index is 1500. The molecule has 0 spiro atoms. The van der Waals surface area contributed by atoms with E-state index in [4.69, 9.17) is 0 Å². The molecule has 3 amide bonds. The molecule has 192 valence electrons. The number of carbonyl (C=O) groups is 3. The minimum Gasteiger partial charge on any atom is -0.324 e. The Kier molecular flexibility index (Phi) is 5.44. The SMILES string of the molecule is O=C(Nc1ccc(F)cc1)C(Cc1ccccc1)N1C(=O)C2C3c4ccccc4C(c4ccccc43)C2C1=O. The van der Waals surface area contributed by atoms with Gasteiger partial charge in [0, 0.05) is 23.9 Å². The monoisotopic (exact) mass is 516 g/mol. The first-order chi connectivity index (χ1) is 19.0. The molecule has 6 heteroatoms. The molecule has 1 heterocycles. The summed E-state index contributed by atoms with van der Waals surface area (Å²) in [5.41, 5.74) is 5.57. The van der Waals surface area contributed by atoms with Crippen LogP contribution in [-0.4, -0.2) is 28.7 Å². The third-order valence-corrected chi connectivity index (χ3v) is 8.48. The summed E-state index contributed by atoms with van der Waals surface area (Å²) in [6.07, 6.45) is 0.181. The highest BCUT2D eigenvalue weighted by atomic mass is 19.1. The van der Waals surface area contributed by atoms with E-state index in [0.29, 0.717) is 5.69 Å². The minimum absolute atomic E-state index is 0.181. The van der Waals surface area contributed by atoms with Gasteiger partial charge in [0.05, 0.1) is 11.8 Å². The Balaban J connectivity index is 1.31. The number of benzene rings is 4. The van der Waals surface area contributed by atoms with Crippen molar-refractivity contribution < 1.29 is 18.8 Å². The van der Waals surface area contributed by atoms with Crippen molar-refractivity contribution in [2.45, 2.75) is 24.3 Å². The van der Waals surface area contributed by atoms with E-state index in [-0.39, 0.29) is 30.1 Å². The Labute approximate surface area is 225 Å². The third kappa shape index (κ3) is 3.62. The van der Waals surface area contributed by atoms with E-state index < -0.39 is 29.6 Å².